The molecule has 0 fully saturated rings. The Kier molecular flexibility index (Phi) is 5.47. The van der Waals surface area contributed by atoms with E-state index < -0.39 is 15.3 Å². The van der Waals surface area contributed by atoms with Crippen molar-refractivity contribution < 1.29 is 17.9 Å². The number of pyridine rings is 1. The van der Waals surface area contributed by atoms with E-state index in [1.165, 1.54) is 26.5 Å². The minimum atomic E-state index is -3.96. The Bertz CT molecular complexity index is 1180. The standard InChI is InChI=1S/C21H23NO5S/c1-5-14-7-9-15(10-8-14)28(24,25)20-13-22(6-2)17-12-19(27-4)18(26-3)11-16(17)21(20)23/h7-13H,5-6H2,1-4H3. The Balaban J connectivity index is 2.31. The van der Waals surface area contributed by atoms with Crippen LogP contribution in [0.3, 0.4) is 0 Å². The van der Waals surface area contributed by atoms with Crippen molar-refractivity contribution in [1.82, 2.24) is 4.57 Å². The predicted molar refractivity (Wildman–Crippen MR) is 108 cm³/mol. The molecule has 0 aliphatic carbocycles. The average Bonchev–Trinajstić information content (AvgIpc) is 2.73. The summed E-state index contributed by atoms with van der Waals surface area (Å²) in [6.45, 7) is 4.37. The van der Waals surface area contributed by atoms with E-state index in [1.54, 1.807) is 34.9 Å². The molecule has 0 spiro atoms. The van der Waals surface area contributed by atoms with Gasteiger partial charge >= 0.3 is 0 Å². The number of nitrogens with zero attached hydrogens (tertiary/aromatic N) is 1. The second-order valence-electron chi connectivity index (χ2n) is 6.33. The van der Waals surface area contributed by atoms with Gasteiger partial charge in [0.25, 0.3) is 0 Å². The molecule has 3 aromatic rings. The van der Waals surface area contributed by atoms with E-state index in [0.717, 1.165) is 12.0 Å². The first-order valence-electron chi connectivity index (χ1n) is 9.00. The van der Waals surface area contributed by atoms with Gasteiger partial charge in [-0.15, -0.1) is 0 Å². The van der Waals surface area contributed by atoms with Crippen molar-refractivity contribution in [2.75, 3.05) is 14.2 Å². The van der Waals surface area contributed by atoms with Crippen molar-refractivity contribution in [2.24, 2.45) is 0 Å². The van der Waals surface area contributed by atoms with Crippen LogP contribution < -0.4 is 14.9 Å². The first-order chi connectivity index (χ1) is 13.4. The molecule has 0 N–H and O–H groups in total. The van der Waals surface area contributed by atoms with E-state index in [-0.39, 0.29) is 15.2 Å². The van der Waals surface area contributed by atoms with Gasteiger partial charge in [0.1, 0.15) is 4.90 Å². The molecule has 148 valence electrons. The lowest BCUT2D eigenvalue weighted by Crippen LogP contribution is -2.19. The van der Waals surface area contributed by atoms with Crippen LogP contribution in [0.1, 0.15) is 19.4 Å². The summed E-state index contributed by atoms with van der Waals surface area (Å²) >= 11 is 0. The highest BCUT2D eigenvalue weighted by Crippen LogP contribution is 2.32. The van der Waals surface area contributed by atoms with Gasteiger partial charge in [0.15, 0.2) is 11.5 Å². The third-order valence-electron chi connectivity index (χ3n) is 4.82. The van der Waals surface area contributed by atoms with Gasteiger partial charge in [-0.05, 0) is 37.1 Å². The zero-order valence-corrected chi connectivity index (χ0v) is 17.2. The van der Waals surface area contributed by atoms with Gasteiger partial charge in [0.2, 0.25) is 15.3 Å². The molecule has 28 heavy (non-hydrogen) atoms. The fourth-order valence-corrected chi connectivity index (χ4v) is 4.54. The van der Waals surface area contributed by atoms with E-state index in [4.69, 9.17) is 9.47 Å². The smallest absolute Gasteiger partial charge is 0.211 e. The SMILES string of the molecule is CCc1ccc(S(=O)(=O)c2cn(CC)c3cc(OC)c(OC)cc3c2=O)cc1. The molecule has 2 aromatic carbocycles. The lowest BCUT2D eigenvalue weighted by molar-refractivity contribution is 0.355. The van der Waals surface area contributed by atoms with Crippen LogP contribution in [0.25, 0.3) is 10.9 Å². The Hall–Kier alpha value is -2.80. The van der Waals surface area contributed by atoms with Gasteiger partial charge in [-0.1, -0.05) is 19.1 Å². The lowest BCUT2D eigenvalue weighted by atomic mass is 10.2. The molecule has 1 aromatic heterocycles. The number of hydrogen-bond donors (Lipinski definition) is 0. The summed E-state index contributed by atoms with van der Waals surface area (Å²) in [5.41, 5.74) is 1.06. The van der Waals surface area contributed by atoms with Gasteiger partial charge in [-0.2, -0.15) is 0 Å². The third kappa shape index (κ3) is 3.26. The zero-order chi connectivity index (χ0) is 20.5. The maximum absolute atomic E-state index is 13.2. The number of hydrogen-bond acceptors (Lipinski definition) is 5. The molecule has 0 aliphatic rings. The minimum absolute atomic E-state index is 0.101. The monoisotopic (exact) mass is 401 g/mol. The number of benzene rings is 2. The van der Waals surface area contributed by atoms with Crippen molar-refractivity contribution in [3.63, 3.8) is 0 Å². The van der Waals surface area contributed by atoms with Crippen LogP contribution in [0, 0.1) is 0 Å². The average molecular weight is 401 g/mol. The van der Waals surface area contributed by atoms with Crippen LogP contribution in [0.4, 0.5) is 0 Å². The van der Waals surface area contributed by atoms with Crippen molar-refractivity contribution in [2.45, 2.75) is 36.6 Å². The van der Waals surface area contributed by atoms with Crippen LogP contribution in [-0.2, 0) is 22.8 Å². The van der Waals surface area contributed by atoms with Gasteiger partial charge < -0.3 is 14.0 Å². The Morgan fingerprint density at radius 3 is 2.11 bits per heavy atom. The van der Waals surface area contributed by atoms with E-state index >= 15 is 0 Å². The van der Waals surface area contributed by atoms with Crippen molar-refractivity contribution in [3.8, 4) is 11.5 Å². The third-order valence-corrected chi connectivity index (χ3v) is 6.59. The van der Waals surface area contributed by atoms with E-state index in [1.807, 2.05) is 13.8 Å². The Labute approximate surface area is 164 Å². The quantitative estimate of drug-likeness (QED) is 0.633. The molecular formula is C21H23NO5S. The molecule has 6 nitrogen and oxygen atoms in total. The number of ether oxygens (including phenoxy) is 2. The van der Waals surface area contributed by atoms with Gasteiger partial charge in [0, 0.05) is 18.8 Å². The molecule has 0 bridgehead atoms. The van der Waals surface area contributed by atoms with Crippen LogP contribution in [-0.4, -0.2) is 27.2 Å². The van der Waals surface area contributed by atoms with Crippen molar-refractivity contribution in [1.29, 1.82) is 0 Å². The molecular weight excluding hydrogens is 378 g/mol. The molecule has 0 saturated heterocycles. The fourth-order valence-electron chi connectivity index (χ4n) is 3.17. The summed E-state index contributed by atoms with van der Waals surface area (Å²) in [5, 5.41) is 0.269. The summed E-state index contributed by atoms with van der Waals surface area (Å²) in [6.07, 6.45) is 2.21. The molecule has 7 heteroatoms. The summed E-state index contributed by atoms with van der Waals surface area (Å²) in [7, 11) is -0.978. The normalized spacial score (nSPS) is 11.6. The van der Waals surface area contributed by atoms with E-state index in [0.29, 0.717) is 23.6 Å². The minimum Gasteiger partial charge on any atom is -0.493 e. The Morgan fingerprint density at radius 1 is 0.964 bits per heavy atom. The molecule has 0 unspecified atom stereocenters. The molecule has 3 rings (SSSR count). The summed E-state index contributed by atoms with van der Waals surface area (Å²) in [6, 6.07) is 9.83. The van der Waals surface area contributed by atoms with Gasteiger partial charge in [-0.25, -0.2) is 8.42 Å². The first-order valence-corrected chi connectivity index (χ1v) is 10.5. The van der Waals surface area contributed by atoms with Crippen LogP contribution in [0.15, 0.2) is 57.2 Å². The number of aromatic nitrogens is 1. The van der Waals surface area contributed by atoms with Gasteiger partial charge in [-0.3, -0.25) is 4.79 Å². The maximum Gasteiger partial charge on any atom is 0.211 e. The largest absolute Gasteiger partial charge is 0.493 e. The van der Waals surface area contributed by atoms with Crippen LogP contribution in [0.2, 0.25) is 0 Å². The number of fused-ring (bicyclic) bond motifs is 1. The molecule has 0 amide bonds. The predicted octanol–water partition coefficient (Wildman–Crippen LogP) is 3.43. The van der Waals surface area contributed by atoms with Gasteiger partial charge in [0.05, 0.1) is 30.0 Å². The zero-order valence-electron chi connectivity index (χ0n) is 16.4. The second kappa shape index (κ2) is 7.67. The number of rotatable bonds is 6. The molecule has 0 atom stereocenters. The van der Waals surface area contributed by atoms with Crippen molar-refractivity contribution in [3.05, 3.63) is 58.4 Å². The fraction of sp³-hybridized carbons (Fsp3) is 0.286. The first kappa shape index (κ1) is 19.9. The van der Waals surface area contributed by atoms with Crippen LogP contribution in [0.5, 0.6) is 11.5 Å². The molecule has 0 radical (unpaired) electrons. The summed E-state index contributed by atoms with van der Waals surface area (Å²) in [4.78, 5) is 13.0. The molecule has 0 aliphatic heterocycles. The second-order valence-corrected chi connectivity index (χ2v) is 8.25. The Morgan fingerprint density at radius 2 is 1.57 bits per heavy atom. The lowest BCUT2D eigenvalue weighted by Gasteiger charge is -2.15. The van der Waals surface area contributed by atoms with Crippen molar-refractivity contribution >= 4 is 20.7 Å². The van der Waals surface area contributed by atoms with E-state index in [9.17, 15) is 13.2 Å². The molecule has 1 heterocycles. The highest BCUT2D eigenvalue weighted by atomic mass is 32.2. The maximum atomic E-state index is 13.2. The topological polar surface area (TPSA) is 74.6 Å². The summed E-state index contributed by atoms with van der Waals surface area (Å²) < 4.78 is 38.7. The van der Waals surface area contributed by atoms with E-state index in [2.05, 4.69) is 0 Å². The molecule has 0 saturated carbocycles. The number of methoxy groups -OCH3 is 2. The number of aryl methyl sites for hydroxylation is 2. The highest BCUT2D eigenvalue weighted by molar-refractivity contribution is 7.91. The summed E-state index contributed by atoms with van der Waals surface area (Å²) in [5.74, 6) is 0.846. The highest BCUT2D eigenvalue weighted by Gasteiger charge is 2.24. The number of sulfone groups is 1. The van der Waals surface area contributed by atoms with Crippen LogP contribution >= 0.6 is 0 Å².